The van der Waals surface area contributed by atoms with Crippen molar-refractivity contribution in [3.8, 4) is 0 Å². The van der Waals surface area contributed by atoms with Gasteiger partial charge in [-0.2, -0.15) is 0 Å². The second-order valence-corrected chi connectivity index (χ2v) is 17.6. The number of esters is 2. The van der Waals surface area contributed by atoms with E-state index in [4.69, 9.17) is 14.2 Å². The highest BCUT2D eigenvalue weighted by Crippen LogP contribution is 2.26. The molecule has 0 aromatic heterocycles. The first-order valence-corrected chi connectivity index (χ1v) is 22.8. The van der Waals surface area contributed by atoms with E-state index in [1.807, 2.05) is 72.1 Å². The van der Waals surface area contributed by atoms with Crippen molar-refractivity contribution in [3.05, 3.63) is 59.2 Å². The zero-order valence-corrected chi connectivity index (χ0v) is 39.8. The summed E-state index contributed by atoms with van der Waals surface area (Å²) in [5.74, 6) is -5.02. The van der Waals surface area contributed by atoms with Crippen LogP contribution in [0.4, 0.5) is 0 Å². The van der Waals surface area contributed by atoms with Crippen LogP contribution in [0.25, 0.3) is 0 Å². The van der Waals surface area contributed by atoms with Crippen LogP contribution in [-0.2, 0) is 54.2 Å². The van der Waals surface area contributed by atoms with Crippen molar-refractivity contribution in [1.29, 1.82) is 0 Å². The molecule has 2 unspecified atom stereocenters. The molecule has 1 aliphatic heterocycles. The minimum atomic E-state index is -1.23. The fourth-order valence-corrected chi connectivity index (χ4v) is 7.22. The van der Waals surface area contributed by atoms with Gasteiger partial charge in [-0.1, -0.05) is 83.5 Å². The quantitative estimate of drug-likeness (QED) is 0.170. The highest BCUT2D eigenvalue weighted by atomic mass is 32.2. The number of hydrogen-bond acceptors (Lipinski definition) is 11. The van der Waals surface area contributed by atoms with E-state index in [-0.39, 0.29) is 36.7 Å². The van der Waals surface area contributed by atoms with Crippen molar-refractivity contribution in [3.63, 3.8) is 0 Å². The molecule has 1 aromatic carbocycles. The van der Waals surface area contributed by atoms with Gasteiger partial charge in [0.1, 0.15) is 30.3 Å². The van der Waals surface area contributed by atoms with Gasteiger partial charge in [-0.15, -0.1) is 11.8 Å². The van der Waals surface area contributed by atoms with Crippen molar-refractivity contribution in [2.24, 2.45) is 17.8 Å². The number of allylic oxidation sites excluding steroid dienone is 1. The molecule has 15 nitrogen and oxygen atoms in total. The molecule has 0 spiro atoms. The van der Waals surface area contributed by atoms with Crippen LogP contribution in [0.15, 0.2) is 53.6 Å². The number of carbonyl (C=O) groups is 7. The Morgan fingerprint density at radius 1 is 0.919 bits per heavy atom. The molecule has 0 fully saturated rings. The van der Waals surface area contributed by atoms with Gasteiger partial charge in [-0.25, -0.2) is 9.59 Å². The Morgan fingerprint density at radius 2 is 1.55 bits per heavy atom. The molecular weight excluding hydrogens is 815 g/mol. The summed E-state index contributed by atoms with van der Waals surface area (Å²) in [5, 5.41) is 8.17. The number of thioether (sulfide) groups is 1. The average molecular weight is 886 g/mol. The van der Waals surface area contributed by atoms with Gasteiger partial charge in [-0.3, -0.25) is 24.0 Å². The molecule has 0 aliphatic carbocycles. The molecular formula is C46H71N5O10S. The lowest BCUT2D eigenvalue weighted by molar-refractivity contribution is -0.155. The summed E-state index contributed by atoms with van der Waals surface area (Å²) in [6.45, 7) is 17.1. The smallest absolute Gasteiger partial charge is 0.334 e. The number of benzene rings is 1. The van der Waals surface area contributed by atoms with Gasteiger partial charge in [0.05, 0.1) is 18.6 Å². The maximum atomic E-state index is 14.2. The molecule has 3 N–H and O–H groups in total. The lowest BCUT2D eigenvalue weighted by Crippen LogP contribution is -2.57. The van der Waals surface area contributed by atoms with E-state index in [0.717, 1.165) is 11.1 Å². The zero-order valence-electron chi connectivity index (χ0n) is 38.9. The third kappa shape index (κ3) is 16.2. The zero-order chi connectivity index (χ0) is 46.8. The van der Waals surface area contributed by atoms with Crippen LogP contribution in [-0.4, -0.2) is 127 Å². The third-order valence-corrected chi connectivity index (χ3v) is 11.6. The summed E-state index contributed by atoms with van der Waals surface area (Å²) in [7, 11) is 2.88. The first kappa shape index (κ1) is 53.4. The van der Waals surface area contributed by atoms with E-state index >= 15 is 0 Å². The number of hydrogen-bond donors (Lipinski definition) is 3. The van der Waals surface area contributed by atoms with Crippen LogP contribution in [0, 0.1) is 17.8 Å². The molecule has 5 amide bonds. The van der Waals surface area contributed by atoms with Gasteiger partial charge in [0.2, 0.25) is 23.6 Å². The topological polar surface area (TPSA) is 190 Å². The number of rotatable bonds is 10. The predicted molar refractivity (Wildman–Crippen MR) is 240 cm³/mol. The van der Waals surface area contributed by atoms with Crippen LogP contribution in [0.1, 0.15) is 94.1 Å². The second-order valence-electron chi connectivity index (χ2n) is 16.7. The van der Waals surface area contributed by atoms with Crippen molar-refractivity contribution in [1.82, 2.24) is 25.8 Å². The maximum Gasteiger partial charge on any atom is 0.334 e. The Labute approximate surface area is 372 Å². The molecule has 1 aliphatic rings. The van der Waals surface area contributed by atoms with Crippen LogP contribution in [0.2, 0.25) is 0 Å². The summed E-state index contributed by atoms with van der Waals surface area (Å²) in [4.78, 5) is 99.0. The monoisotopic (exact) mass is 885 g/mol. The standard InChI is InChI=1S/C46H71N5O10S/c1-14-28(5)39-42(54)48-33(10)46(58)61-40(29(6)15-2)31(8)36(59-26-62-13)22-21-30(7)45(57)60-37(23-27(3)4)41(53)47-32(9)43(55)51(12)35(24-34-19-17-16-18-20-34)44(56)50(11)25-38(52)49-39/h15-21,27-28,31-33,35-37,39-40H,14,22-26H2,1-13H3,(H,47,53)(H,48,54)(H,49,52)/b29-15+,30-21+/t28?,31-,32+,33+,35-,36-,37-,39?,40-/m1/s1. The fraction of sp³-hybridized carbons (Fsp3) is 0.630. The molecule has 0 bridgehead atoms. The summed E-state index contributed by atoms with van der Waals surface area (Å²) < 4.78 is 18.1. The van der Waals surface area contributed by atoms with E-state index < -0.39 is 96.4 Å². The molecule has 346 valence electrons. The van der Waals surface area contributed by atoms with Crippen molar-refractivity contribution < 1.29 is 47.8 Å². The maximum absolute atomic E-state index is 14.2. The van der Waals surface area contributed by atoms with Gasteiger partial charge in [-0.05, 0) is 76.7 Å². The Hall–Kier alpha value is -4.70. The lowest BCUT2D eigenvalue weighted by Gasteiger charge is -2.33. The molecule has 9 atom stereocenters. The lowest BCUT2D eigenvalue weighted by atomic mass is 9.90. The molecule has 0 saturated carbocycles. The minimum Gasteiger partial charge on any atom is -0.456 e. The van der Waals surface area contributed by atoms with E-state index in [2.05, 4.69) is 16.0 Å². The first-order chi connectivity index (χ1) is 29.2. The molecule has 62 heavy (non-hydrogen) atoms. The summed E-state index contributed by atoms with van der Waals surface area (Å²) >= 11 is 1.46. The van der Waals surface area contributed by atoms with Crippen LogP contribution in [0.5, 0.6) is 0 Å². The van der Waals surface area contributed by atoms with Crippen molar-refractivity contribution in [2.75, 3.05) is 32.8 Å². The second kappa shape index (κ2) is 26.0. The van der Waals surface area contributed by atoms with E-state index in [9.17, 15) is 33.6 Å². The van der Waals surface area contributed by atoms with Gasteiger partial charge in [0, 0.05) is 32.0 Å². The van der Waals surface area contributed by atoms with Gasteiger partial charge in [0.25, 0.3) is 5.91 Å². The van der Waals surface area contributed by atoms with Gasteiger partial charge >= 0.3 is 11.9 Å². The molecule has 16 heteroatoms. The first-order valence-electron chi connectivity index (χ1n) is 21.4. The normalized spacial score (nSPS) is 28.0. The molecule has 0 radical (unpaired) electrons. The Morgan fingerprint density at radius 3 is 2.13 bits per heavy atom. The highest BCUT2D eigenvalue weighted by molar-refractivity contribution is 7.98. The minimum absolute atomic E-state index is 0.0614. The Kier molecular flexibility index (Phi) is 22.5. The Balaban J connectivity index is 2.68. The molecule has 1 aromatic rings. The average Bonchev–Trinajstić information content (AvgIpc) is 3.24. The van der Waals surface area contributed by atoms with E-state index in [1.54, 1.807) is 32.1 Å². The number of ether oxygens (including phenoxy) is 3. The number of likely N-dealkylation sites (N-methyl/N-ethyl adjacent to an activating group) is 2. The highest BCUT2D eigenvalue weighted by Gasteiger charge is 2.37. The largest absolute Gasteiger partial charge is 0.456 e. The van der Waals surface area contributed by atoms with Crippen molar-refractivity contribution >= 4 is 53.2 Å². The van der Waals surface area contributed by atoms with Crippen LogP contribution in [0.3, 0.4) is 0 Å². The molecule has 1 heterocycles. The van der Waals surface area contributed by atoms with Crippen molar-refractivity contribution in [2.45, 2.75) is 137 Å². The summed E-state index contributed by atoms with van der Waals surface area (Å²) in [5.41, 5.74) is 1.71. The Bertz CT molecular complexity index is 1750. The molecule has 0 saturated heterocycles. The number of cyclic esters (lactones) is 2. The predicted octanol–water partition coefficient (Wildman–Crippen LogP) is 4.58. The van der Waals surface area contributed by atoms with Crippen LogP contribution < -0.4 is 16.0 Å². The molecule has 2 rings (SSSR count). The SMILES string of the molecule is C/C=C(\C)[C@H]1OC(=O)[C@H](C)NC(=O)C(C(C)CC)NC(=O)CN(C)C(=O)[C@@H](Cc2ccccc2)N(C)C(=O)[C@H](C)NC(=O)[C@@H](CC(C)C)OC(=O)/C(C)=C/C[C@@H](OCSC)[C@H]1C. The van der Waals surface area contributed by atoms with Gasteiger partial charge < -0.3 is 40.0 Å². The summed E-state index contributed by atoms with van der Waals surface area (Å²) in [6.07, 6.45) is 3.83. The fourth-order valence-electron chi connectivity index (χ4n) is 6.91. The van der Waals surface area contributed by atoms with E-state index in [1.165, 1.54) is 49.5 Å². The van der Waals surface area contributed by atoms with E-state index in [0.29, 0.717) is 12.4 Å². The number of nitrogens with one attached hydrogen (secondary N) is 3. The van der Waals surface area contributed by atoms with Crippen LogP contribution >= 0.6 is 11.8 Å². The van der Waals surface area contributed by atoms with Gasteiger partial charge in [0.15, 0.2) is 6.10 Å². The third-order valence-electron chi connectivity index (χ3n) is 11.2. The number of nitrogens with zero attached hydrogens (tertiary/aromatic N) is 2. The summed E-state index contributed by atoms with van der Waals surface area (Å²) in [6, 6.07) is 4.65. The number of carbonyl (C=O) groups excluding carboxylic acids is 7. The number of amides is 5.